The highest BCUT2D eigenvalue weighted by Gasteiger charge is 2.35. The van der Waals surface area contributed by atoms with Crippen LogP contribution in [0.15, 0.2) is 34.9 Å². The molecule has 1 aromatic carbocycles. The molecule has 1 saturated heterocycles. The first kappa shape index (κ1) is 15.4. The van der Waals surface area contributed by atoms with Gasteiger partial charge in [-0.05, 0) is 32.1 Å². The SMILES string of the molecule is Cc1onc(-c2ccccc2)c1C(=O)NC1CCC2CNNC2C1. The minimum absolute atomic E-state index is 0.0954. The van der Waals surface area contributed by atoms with Gasteiger partial charge in [0.25, 0.3) is 5.91 Å². The Kier molecular flexibility index (Phi) is 4.08. The number of aromatic nitrogens is 1. The Morgan fingerprint density at radius 3 is 2.96 bits per heavy atom. The standard InChI is InChI=1S/C18H22N4O2/c1-11-16(17(22-24-11)12-5-3-2-4-6-12)18(23)20-14-8-7-13-10-19-21-15(13)9-14/h2-6,13-15,19,21H,7-10H2,1H3,(H,20,23). The van der Waals surface area contributed by atoms with Crippen LogP contribution in [-0.4, -0.2) is 29.7 Å². The molecule has 6 nitrogen and oxygen atoms in total. The fourth-order valence-electron chi connectivity index (χ4n) is 3.80. The maximum Gasteiger partial charge on any atom is 0.257 e. The summed E-state index contributed by atoms with van der Waals surface area (Å²) in [5.41, 5.74) is 8.58. The Morgan fingerprint density at radius 2 is 2.12 bits per heavy atom. The van der Waals surface area contributed by atoms with Gasteiger partial charge in [-0.1, -0.05) is 35.5 Å². The van der Waals surface area contributed by atoms with Crippen LogP contribution in [0, 0.1) is 12.8 Å². The van der Waals surface area contributed by atoms with E-state index in [1.54, 1.807) is 6.92 Å². The van der Waals surface area contributed by atoms with Crippen LogP contribution < -0.4 is 16.2 Å². The molecule has 24 heavy (non-hydrogen) atoms. The molecule has 2 heterocycles. The van der Waals surface area contributed by atoms with E-state index >= 15 is 0 Å². The van der Waals surface area contributed by atoms with Gasteiger partial charge < -0.3 is 9.84 Å². The monoisotopic (exact) mass is 326 g/mol. The number of hydrazine groups is 1. The number of carbonyl (C=O) groups is 1. The fourth-order valence-corrected chi connectivity index (χ4v) is 3.80. The second-order valence-electron chi connectivity index (χ2n) is 6.70. The van der Waals surface area contributed by atoms with Gasteiger partial charge in [0.15, 0.2) is 0 Å². The average molecular weight is 326 g/mol. The van der Waals surface area contributed by atoms with E-state index in [1.807, 2.05) is 30.3 Å². The molecule has 1 saturated carbocycles. The summed E-state index contributed by atoms with van der Waals surface area (Å²) in [6.45, 7) is 2.81. The largest absolute Gasteiger partial charge is 0.360 e. The highest BCUT2D eigenvalue weighted by atomic mass is 16.5. The predicted molar refractivity (Wildman–Crippen MR) is 90.2 cm³/mol. The Balaban J connectivity index is 1.52. The number of nitrogens with one attached hydrogen (secondary N) is 3. The highest BCUT2D eigenvalue weighted by Crippen LogP contribution is 2.28. The van der Waals surface area contributed by atoms with Crippen molar-refractivity contribution in [3.8, 4) is 11.3 Å². The van der Waals surface area contributed by atoms with Crippen molar-refractivity contribution in [2.75, 3.05) is 6.54 Å². The minimum Gasteiger partial charge on any atom is -0.360 e. The number of nitrogens with zero attached hydrogens (tertiary/aromatic N) is 1. The topological polar surface area (TPSA) is 79.2 Å². The molecule has 0 bridgehead atoms. The zero-order valence-corrected chi connectivity index (χ0v) is 13.7. The van der Waals surface area contributed by atoms with Crippen molar-refractivity contribution < 1.29 is 9.32 Å². The second-order valence-corrected chi connectivity index (χ2v) is 6.70. The molecule has 1 aliphatic carbocycles. The number of hydrogen-bond acceptors (Lipinski definition) is 5. The van der Waals surface area contributed by atoms with Gasteiger partial charge in [-0.2, -0.15) is 0 Å². The summed E-state index contributed by atoms with van der Waals surface area (Å²) in [6, 6.07) is 10.3. The van der Waals surface area contributed by atoms with Crippen LogP contribution >= 0.6 is 0 Å². The summed E-state index contributed by atoms with van der Waals surface area (Å²) in [5.74, 6) is 1.14. The molecule has 4 rings (SSSR count). The van der Waals surface area contributed by atoms with Crippen LogP contribution in [0.4, 0.5) is 0 Å². The smallest absolute Gasteiger partial charge is 0.257 e. The van der Waals surface area contributed by atoms with E-state index in [-0.39, 0.29) is 11.9 Å². The van der Waals surface area contributed by atoms with Crippen molar-refractivity contribution in [2.45, 2.75) is 38.3 Å². The van der Waals surface area contributed by atoms with E-state index < -0.39 is 0 Å². The number of benzene rings is 1. The Morgan fingerprint density at radius 1 is 1.29 bits per heavy atom. The maximum absolute atomic E-state index is 12.8. The van der Waals surface area contributed by atoms with Crippen LogP contribution in [-0.2, 0) is 0 Å². The van der Waals surface area contributed by atoms with E-state index in [2.05, 4.69) is 21.3 Å². The molecular formula is C18H22N4O2. The molecule has 0 radical (unpaired) electrons. The van der Waals surface area contributed by atoms with Crippen molar-refractivity contribution >= 4 is 5.91 Å². The van der Waals surface area contributed by atoms with Gasteiger partial charge in [0, 0.05) is 24.2 Å². The summed E-state index contributed by atoms with van der Waals surface area (Å²) in [4.78, 5) is 12.8. The molecule has 2 aromatic rings. The first-order valence-electron chi connectivity index (χ1n) is 8.53. The Bertz CT molecular complexity index is 728. The lowest BCUT2D eigenvalue weighted by Gasteiger charge is -2.31. The van der Waals surface area contributed by atoms with Crippen LogP contribution in [0.1, 0.15) is 35.4 Å². The summed E-state index contributed by atoms with van der Waals surface area (Å²) in [7, 11) is 0. The molecule has 1 aliphatic heterocycles. The van der Waals surface area contributed by atoms with E-state index in [0.29, 0.717) is 29.0 Å². The van der Waals surface area contributed by atoms with Crippen molar-refractivity contribution in [3.63, 3.8) is 0 Å². The molecule has 2 fully saturated rings. The van der Waals surface area contributed by atoms with Crippen LogP contribution in [0.5, 0.6) is 0 Å². The lowest BCUT2D eigenvalue weighted by molar-refractivity contribution is 0.0918. The van der Waals surface area contributed by atoms with E-state index in [9.17, 15) is 4.79 Å². The fraction of sp³-hybridized carbons (Fsp3) is 0.444. The van der Waals surface area contributed by atoms with Crippen LogP contribution in [0.25, 0.3) is 11.3 Å². The van der Waals surface area contributed by atoms with Gasteiger partial charge in [0.1, 0.15) is 17.0 Å². The van der Waals surface area contributed by atoms with Gasteiger partial charge in [-0.3, -0.25) is 15.6 Å². The maximum atomic E-state index is 12.8. The van der Waals surface area contributed by atoms with Gasteiger partial charge in [-0.25, -0.2) is 0 Å². The lowest BCUT2D eigenvalue weighted by Crippen LogP contribution is -2.45. The van der Waals surface area contributed by atoms with Crippen molar-refractivity contribution in [3.05, 3.63) is 41.7 Å². The zero-order chi connectivity index (χ0) is 16.5. The zero-order valence-electron chi connectivity index (χ0n) is 13.7. The van der Waals surface area contributed by atoms with Crippen LogP contribution in [0.2, 0.25) is 0 Å². The Labute approximate surface area is 141 Å². The van der Waals surface area contributed by atoms with Crippen molar-refractivity contribution in [1.82, 2.24) is 21.3 Å². The van der Waals surface area contributed by atoms with Crippen molar-refractivity contribution in [1.29, 1.82) is 0 Å². The van der Waals surface area contributed by atoms with Gasteiger partial charge in [0.05, 0.1) is 0 Å². The third kappa shape index (κ3) is 2.83. The molecule has 3 N–H and O–H groups in total. The molecule has 3 atom stereocenters. The molecule has 1 amide bonds. The number of hydrogen-bond donors (Lipinski definition) is 3. The molecule has 1 aromatic heterocycles. The van der Waals surface area contributed by atoms with E-state index in [4.69, 9.17) is 4.52 Å². The predicted octanol–water partition coefficient (Wildman–Crippen LogP) is 2.02. The quantitative estimate of drug-likeness (QED) is 0.804. The Hall–Kier alpha value is -2.18. The number of fused-ring (bicyclic) bond motifs is 1. The van der Waals surface area contributed by atoms with Gasteiger partial charge >= 0.3 is 0 Å². The molecular weight excluding hydrogens is 304 g/mol. The number of amides is 1. The summed E-state index contributed by atoms with van der Waals surface area (Å²) in [5, 5.41) is 7.27. The highest BCUT2D eigenvalue weighted by molar-refractivity contribution is 6.00. The number of aryl methyl sites for hydroxylation is 1. The minimum atomic E-state index is -0.0954. The lowest BCUT2D eigenvalue weighted by atomic mass is 9.83. The first-order valence-corrected chi connectivity index (χ1v) is 8.53. The van der Waals surface area contributed by atoms with Crippen molar-refractivity contribution in [2.24, 2.45) is 5.92 Å². The number of carbonyl (C=O) groups excluding carboxylic acids is 1. The molecule has 6 heteroatoms. The summed E-state index contributed by atoms with van der Waals surface area (Å²) < 4.78 is 5.30. The van der Waals surface area contributed by atoms with Crippen LogP contribution in [0.3, 0.4) is 0 Å². The molecule has 126 valence electrons. The normalized spacial score (nSPS) is 26.1. The molecule has 3 unspecified atom stereocenters. The van der Waals surface area contributed by atoms with Gasteiger partial charge in [-0.15, -0.1) is 0 Å². The summed E-state index contributed by atoms with van der Waals surface area (Å²) in [6.07, 6.45) is 3.10. The molecule has 0 spiro atoms. The molecule has 2 aliphatic rings. The number of rotatable bonds is 3. The third-order valence-electron chi connectivity index (χ3n) is 5.12. The first-order chi connectivity index (χ1) is 11.7. The van der Waals surface area contributed by atoms with E-state index in [1.165, 1.54) is 0 Å². The van der Waals surface area contributed by atoms with E-state index in [0.717, 1.165) is 31.4 Å². The van der Waals surface area contributed by atoms with Gasteiger partial charge in [0.2, 0.25) is 0 Å². The third-order valence-corrected chi connectivity index (χ3v) is 5.12. The average Bonchev–Trinajstić information content (AvgIpc) is 3.21. The second kappa shape index (κ2) is 6.37. The summed E-state index contributed by atoms with van der Waals surface area (Å²) >= 11 is 0.